The van der Waals surface area contributed by atoms with Gasteiger partial charge in [0.1, 0.15) is 6.61 Å². The van der Waals surface area contributed by atoms with Crippen LogP contribution >= 0.6 is 15.9 Å². The molecule has 14 nitrogen and oxygen atoms in total. The summed E-state index contributed by atoms with van der Waals surface area (Å²) in [6, 6.07) is 13.3. The number of ether oxygens (including phenoxy) is 5. The highest BCUT2D eigenvalue weighted by Crippen LogP contribution is 2.37. The normalized spacial score (nSPS) is 14.1. The Hall–Kier alpha value is -5.57. The van der Waals surface area contributed by atoms with Crippen LogP contribution in [-0.4, -0.2) is 62.1 Å². The Morgan fingerprint density at radius 3 is 2.41 bits per heavy atom. The fraction of sp³-hybridized carbons (Fsp3) is 0.265. The first-order valence-electron chi connectivity index (χ1n) is 15.0. The van der Waals surface area contributed by atoms with Gasteiger partial charge in [0.2, 0.25) is 0 Å². The quantitative estimate of drug-likeness (QED) is 0.0955. The number of allylic oxidation sites excluding steroid dienone is 1. The third kappa shape index (κ3) is 9.50. The van der Waals surface area contributed by atoms with E-state index in [2.05, 4.69) is 37.1 Å². The summed E-state index contributed by atoms with van der Waals surface area (Å²) in [5.41, 5.74) is 5.13. The van der Waals surface area contributed by atoms with E-state index in [0.29, 0.717) is 39.4 Å². The first-order chi connectivity index (χ1) is 23.5. The molecule has 0 radical (unpaired) electrons. The number of nitrogens with zero attached hydrogens (tertiary/aromatic N) is 1. The smallest absolute Gasteiger partial charge is 0.338 e. The monoisotopic (exact) mass is 738 g/mol. The molecule has 0 fully saturated rings. The van der Waals surface area contributed by atoms with Gasteiger partial charge in [0.05, 0.1) is 48.2 Å². The maximum Gasteiger partial charge on any atom is 0.338 e. The van der Waals surface area contributed by atoms with Crippen molar-refractivity contribution in [2.75, 3.05) is 26.9 Å². The molecule has 3 aromatic carbocycles. The van der Waals surface area contributed by atoms with Gasteiger partial charge in [-0.2, -0.15) is 5.10 Å². The van der Waals surface area contributed by atoms with Crippen LogP contribution in [0.25, 0.3) is 0 Å². The highest BCUT2D eigenvalue weighted by atomic mass is 79.9. The lowest BCUT2D eigenvalue weighted by Crippen LogP contribution is -2.45. The van der Waals surface area contributed by atoms with E-state index in [1.165, 1.54) is 25.5 Å². The van der Waals surface area contributed by atoms with Crippen LogP contribution in [0.15, 0.2) is 75.4 Å². The van der Waals surface area contributed by atoms with E-state index in [4.69, 9.17) is 28.8 Å². The van der Waals surface area contributed by atoms with Crippen molar-refractivity contribution in [1.29, 1.82) is 0 Å². The average molecular weight is 740 g/mol. The molecule has 15 heteroatoms. The highest BCUT2D eigenvalue weighted by molar-refractivity contribution is 9.10. The van der Waals surface area contributed by atoms with E-state index in [-0.39, 0.29) is 35.8 Å². The van der Waals surface area contributed by atoms with Gasteiger partial charge in [-0.05, 0) is 89.8 Å². The van der Waals surface area contributed by atoms with Crippen molar-refractivity contribution in [2.24, 2.45) is 5.10 Å². The predicted molar refractivity (Wildman–Crippen MR) is 181 cm³/mol. The fourth-order valence-electron chi connectivity index (χ4n) is 4.73. The van der Waals surface area contributed by atoms with Crippen LogP contribution in [-0.2, 0) is 20.9 Å². The molecule has 0 bridgehead atoms. The Kier molecular flexibility index (Phi) is 12.6. The Balaban J connectivity index is 1.38. The molecule has 0 spiro atoms. The second-order valence-electron chi connectivity index (χ2n) is 10.3. The molecule has 1 aliphatic heterocycles. The Morgan fingerprint density at radius 1 is 0.980 bits per heavy atom. The SMILES string of the molecule is CCOC(=O)C1=C(C)NC(=O)N[C@@H]1c1ccc(OCC(=O)N/N=C\c2cc(Br)c(OCc3ccc(C(=O)O)cc3)c(OCC)c2)c(OC)c1. The summed E-state index contributed by atoms with van der Waals surface area (Å²) in [6.07, 6.45) is 1.43. The predicted octanol–water partition coefficient (Wildman–Crippen LogP) is 4.85. The first-order valence-corrected chi connectivity index (χ1v) is 15.8. The topological polar surface area (TPSA) is 183 Å². The van der Waals surface area contributed by atoms with Crippen LogP contribution < -0.4 is 35.0 Å². The Morgan fingerprint density at radius 2 is 1.73 bits per heavy atom. The summed E-state index contributed by atoms with van der Waals surface area (Å²) in [7, 11) is 1.42. The van der Waals surface area contributed by atoms with Gasteiger partial charge < -0.3 is 39.4 Å². The number of methoxy groups -OCH3 is 1. The van der Waals surface area contributed by atoms with Crippen LogP contribution in [0.4, 0.5) is 4.79 Å². The van der Waals surface area contributed by atoms with Gasteiger partial charge in [-0.1, -0.05) is 18.2 Å². The fourth-order valence-corrected chi connectivity index (χ4v) is 5.30. The molecular weight excluding hydrogens is 704 g/mol. The van der Waals surface area contributed by atoms with Crippen molar-refractivity contribution in [3.63, 3.8) is 0 Å². The number of carboxylic acid groups (broad SMARTS) is 1. The molecule has 0 aromatic heterocycles. The molecule has 1 aliphatic rings. The Labute approximate surface area is 290 Å². The summed E-state index contributed by atoms with van der Waals surface area (Å²) in [5, 5.41) is 18.4. The van der Waals surface area contributed by atoms with E-state index in [9.17, 15) is 19.2 Å². The Bertz CT molecular complexity index is 1780. The van der Waals surface area contributed by atoms with Gasteiger partial charge >= 0.3 is 18.0 Å². The number of hydrazone groups is 1. The molecule has 49 heavy (non-hydrogen) atoms. The number of aromatic carboxylic acids is 1. The molecule has 3 amide bonds. The van der Waals surface area contributed by atoms with Crippen LogP contribution in [0.3, 0.4) is 0 Å². The zero-order valence-electron chi connectivity index (χ0n) is 27.1. The zero-order valence-corrected chi connectivity index (χ0v) is 28.7. The number of hydrogen-bond acceptors (Lipinski definition) is 10. The minimum Gasteiger partial charge on any atom is -0.493 e. The third-order valence-corrected chi connectivity index (χ3v) is 7.55. The number of urea groups is 1. The van der Waals surface area contributed by atoms with Crippen LogP contribution in [0.1, 0.15) is 53.9 Å². The summed E-state index contributed by atoms with van der Waals surface area (Å²) < 4.78 is 28.6. The van der Waals surface area contributed by atoms with E-state index in [1.807, 2.05) is 6.92 Å². The van der Waals surface area contributed by atoms with Crippen molar-refractivity contribution in [3.05, 3.63) is 92.6 Å². The highest BCUT2D eigenvalue weighted by Gasteiger charge is 2.32. The number of hydrogen-bond donors (Lipinski definition) is 4. The zero-order chi connectivity index (χ0) is 35.5. The molecule has 1 heterocycles. The van der Waals surface area contributed by atoms with Crippen LogP contribution in [0, 0.1) is 0 Å². The van der Waals surface area contributed by atoms with Crippen molar-refractivity contribution < 1.29 is 48.0 Å². The number of carbonyl (C=O) groups is 4. The van der Waals surface area contributed by atoms with Gasteiger partial charge in [0.25, 0.3) is 5.91 Å². The van der Waals surface area contributed by atoms with Gasteiger partial charge in [-0.15, -0.1) is 0 Å². The number of carboxylic acids is 1. The summed E-state index contributed by atoms with van der Waals surface area (Å²) in [4.78, 5) is 48.5. The number of rotatable bonds is 15. The van der Waals surface area contributed by atoms with E-state index < -0.39 is 36.5 Å². The van der Waals surface area contributed by atoms with E-state index in [1.54, 1.807) is 56.3 Å². The van der Waals surface area contributed by atoms with E-state index >= 15 is 0 Å². The molecule has 0 aliphatic carbocycles. The van der Waals surface area contributed by atoms with Crippen molar-refractivity contribution in [2.45, 2.75) is 33.4 Å². The lowest BCUT2D eigenvalue weighted by atomic mass is 9.95. The molecule has 0 saturated heterocycles. The maximum absolute atomic E-state index is 12.6. The molecular formula is C34H35BrN4O10. The molecule has 0 saturated carbocycles. The average Bonchev–Trinajstić information content (AvgIpc) is 3.07. The standard InChI is InChI=1S/C34H35BrN4O10/c1-5-46-27-14-21(13-24(35)31(27)49-17-20-7-9-22(10-8-20)32(41)42)16-36-39-28(40)18-48-25-12-11-23(15-26(25)45-4)30-29(33(43)47-6-2)19(3)37-34(44)38-30/h7-16,30H,5-6,17-18H2,1-4H3,(H,39,40)(H,41,42)(H2,37,38,44)/b36-16-/t30-/m1/s1. The lowest BCUT2D eigenvalue weighted by Gasteiger charge is -2.28. The largest absolute Gasteiger partial charge is 0.493 e. The molecule has 1 atom stereocenters. The minimum atomic E-state index is -1.01. The molecule has 258 valence electrons. The number of benzene rings is 3. The number of esters is 1. The first kappa shape index (κ1) is 36.3. The van der Waals surface area contributed by atoms with E-state index in [0.717, 1.165) is 5.56 Å². The maximum atomic E-state index is 12.6. The second kappa shape index (κ2) is 17.0. The van der Waals surface area contributed by atoms with Crippen molar-refractivity contribution in [1.82, 2.24) is 16.1 Å². The second-order valence-corrected chi connectivity index (χ2v) is 11.2. The van der Waals surface area contributed by atoms with Crippen LogP contribution in [0.2, 0.25) is 0 Å². The van der Waals surface area contributed by atoms with Gasteiger partial charge in [-0.25, -0.2) is 19.8 Å². The van der Waals surface area contributed by atoms with Crippen molar-refractivity contribution in [3.8, 4) is 23.0 Å². The molecule has 4 N–H and O–H groups in total. The number of nitrogens with one attached hydrogen (secondary N) is 3. The van der Waals surface area contributed by atoms with Gasteiger partial charge in [-0.3, -0.25) is 4.79 Å². The summed E-state index contributed by atoms with van der Waals surface area (Å²) in [6.45, 7) is 5.45. The van der Waals surface area contributed by atoms with Crippen molar-refractivity contribution >= 4 is 46.0 Å². The number of amides is 3. The number of carbonyl (C=O) groups excluding carboxylic acids is 3. The summed E-state index contributed by atoms with van der Waals surface area (Å²) >= 11 is 3.50. The van der Waals surface area contributed by atoms with Crippen LogP contribution in [0.5, 0.6) is 23.0 Å². The third-order valence-electron chi connectivity index (χ3n) is 6.96. The summed E-state index contributed by atoms with van der Waals surface area (Å²) in [5.74, 6) is -0.708. The minimum absolute atomic E-state index is 0.168. The molecule has 4 rings (SSSR count). The molecule has 3 aromatic rings. The lowest BCUT2D eigenvalue weighted by molar-refractivity contribution is -0.139. The number of halogens is 1. The van der Waals surface area contributed by atoms with Gasteiger partial charge in [0.15, 0.2) is 29.6 Å². The van der Waals surface area contributed by atoms with Gasteiger partial charge in [0, 0.05) is 5.70 Å². The molecule has 0 unspecified atom stereocenters.